The van der Waals surface area contributed by atoms with E-state index >= 15 is 0 Å². The number of nitrogens with one attached hydrogen (secondary N) is 1. The van der Waals surface area contributed by atoms with Gasteiger partial charge in [0, 0.05) is 11.8 Å². The monoisotopic (exact) mass is 429 g/mol. The van der Waals surface area contributed by atoms with Crippen molar-refractivity contribution in [2.75, 3.05) is 5.32 Å². The summed E-state index contributed by atoms with van der Waals surface area (Å²) in [5, 5.41) is 6.03. The van der Waals surface area contributed by atoms with Crippen LogP contribution in [0.2, 0.25) is 0 Å². The van der Waals surface area contributed by atoms with Crippen LogP contribution in [0.5, 0.6) is 0 Å². The summed E-state index contributed by atoms with van der Waals surface area (Å²) >= 11 is 0. The molecule has 0 aliphatic rings. The summed E-state index contributed by atoms with van der Waals surface area (Å²) in [4.78, 5) is 24.2. The number of amides is 1. The zero-order valence-corrected chi connectivity index (χ0v) is 17.2. The summed E-state index contributed by atoms with van der Waals surface area (Å²) < 4.78 is 39.5. The Bertz CT molecular complexity index is 1250. The summed E-state index contributed by atoms with van der Waals surface area (Å²) in [5.74, 6) is -0.978. The Kier molecular flexibility index (Phi) is 6.12. The van der Waals surface area contributed by atoms with Crippen LogP contribution in [0.15, 0.2) is 75.4 Å². The number of hydrogen-bond donors (Lipinski definition) is 1. The highest BCUT2D eigenvalue weighted by Gasteiger charge is 2.21. The SMILES string of the molecule is CC(C)c1cccc(NC(=O)Cn2nc(S(=O)(=O)c3cccc(F)c3)ccc2=O)c1. The van der Waals surface area contributed by atoms with Gasteiger partial charge in [-0.1, -0.05) is 32.0 Å². The Labute approximate surface area is 173 Å². The van der Waals surface area contributed by atoms with Crippen molar-refractivity contribution in [3.8, 4) is 0 Å². The highest BCUT2D eigenvalue weighted by atomic mass is 32.2. The molecule has 0 radical (unpaired) electrons. The van der Waals surface area contributed by atoms with Crippen LogP contribution >= 0.6 is 0 Å². The first-order valence-corrected chi connectivity index (χ1v) is 10.6. The highest BCUT2D eigenvalue weighted by Crippen LogP contribution is 2.20. The van der Waals surface area contributed by atoms with Gasteiger partial charge < -0.3 is 5.32 Å². The lowest BCUT2D eigenvalue weighted by Crippen LogP contribution is -2.30. The zero-order valence-electron chi connectivity index (χ0n) is 16.4. The number of halogens is 1. The zero-order chi connectivity index (χ0) is 21.9. The van der Waals surface area contributed by atoms with Gasteiger partial charge in [-0.05, 0) is 47.9 Å². The number of carbonyl (C=O) groups excluding carboxylic acids is 1. The average molecular weight is 429 g/mol. The molecule has 3 rings (SSSR count). The third kappa shape index (κ3) is 4.80. The minimum absolute atomic E-state index is 0.274. The molecule has 1 N–H and O–H groups in total. The molecule has 156 valence electrons. The minimum Gasteiger partial charge on any atom is -0.324 e. The molecule has 0 fully saturated rings. The summed E-state index contributed by atoms with van der Waals surface area (Å²) in [6.45, 7) is 3.57. The van der Waals surface area contributed by atoms with E-state index in [1.807, 2.05) is 32.0 Å². The number of benzene rings is 2. The van der Waals surface area contributed by atoms with Gasteiger partial charge in [0.2, 0.25) is 15.7 Å². The van der Waals surface area contributed by atoms with Crippen LogP contribution in [-0.4, -0.2) is 24.1 Å². The van der Waals surface area contributed by atoms with Crippen molar-refractivity contribution in [1.82, 2.24) is 9.78 Å². The Balaban J connectivity index is 1.84. The molecule has 1 heterocycles. The molecule has 0 atom stereocenters. The van der Waals surface area contributed by atoms with E-state index in [1.165, 1.54) is 12.1 Å². The van der Waals surface area contributed by atoms with Crippen molar-refractivity contribution in [1.29, 1.82) is 0 Å². The molecule has 0 spiro atoms. The van der Waals surface area contributed by atoms with Gasteiger partial charge >= 0.3 is 0 Å². The maximum atomic E-state index is 13.4. The summed E-state index contributed by atoms with van der Waals surface area (Å²) in [5.41, 5.74) is 0.952. The maximum Gasteiger partial charge on any atom is 0.267 e. The third-order valence-electron chi connectivity index (χ3n) is 4.35. The van der Waals surface area contributed by atoms with Crippen LogP contribution in [0.25, 0.3) is 0 Å². The van der Waals surface area contributed by atoms with Crippen LogP contribution < -0.4 is 10.9 Å². The van der Waals surface area contributed by atoms with Crippen LogP contribution in [0.1, 0.15) is 25.3 Å². The average Bonchev–Trinajstić information content (AvgIpc) is 2.69. The number of sulfone groups is 1. The maximum absolute atomic E-state index is 13.4. The predicted octanol–water partition coefficient (Wildman–Crippen LogP) is 2.98. The Hall–Kier alpha value is -3.33. The fraction of sp³-hybridized carbons (Fsp3) is 0.190. The quantitative estimate of drug-likeness (QED) is 0.650. The van der Waals surface area contributed by atoms with Crippen molar-refractivity contribution in [2.45, 2.75) is 36.2 Å². The number of hydrogen-bond acceptors (Lipinski definition) is 5. The van der Waals surface area contributed by atoms with Crippen LogP contribution in [0, 0.1) is 5.82 Å². The molecule has 0 saturated carbocycles. The minimum atomic E-state index is -4.15. The van der Waals surface area contributed by atoms with Gasteiger partial charge in [-0.3, -0.25) is 9.59 Å². The second-order valence-electron chi connectivity index (χ2n) is 6.96. The largest absolute Gasteiger partial charge is 0.324 e. The van der Waals surface area contributed by atoms with Gasteiger partial charge in [0.25, 0.3) is 5.56 Å². The summed E-state index contributed by atoms with van der Waals surface area (Å²) in [6, 6.07) is 13.8. The molecule has 0 bridgehead atoms. The molecule has 3 aromatic rings. The van der Waals surface area contributed by atoms with Crippen LogP contribution in [0.3, 0.4) is 0 Å². The molecule has 0 aliphatic heterocycles. The number of rotatable bonds is 6. The molecule has 1 amide bonds. The lowest BCUT2D eigenvalue weighted by molar-refractivity contribution is -0.117. The number of nitrogens with zero attached hydrogens (tertiary/aromatic N) is 2. The lowest BCUT2D eigenvalue weighted by atomic mass is 10.0. The fourth-order valence-electron chi connectivity index (χ4n) is 2.75. The Morgan fingerprint density at radius 1 is 1.10 bits per heavy atom. The smallest absolute Gasteiger partial charge is 0.267 e. The standard InChI is InChI=1S/C21H20FN3O4S/c1-14(2)15-5-3-7-17(11-15)23-19(26)13-25-21(27)10-9-20(24-25)30(28,29)18-8-4-6-16(22)12-18/h3-12,14H,13H2,1-2H3,(H,23,26). The van der Waals surface area contributed by atoms with Crippen molar-refractivity contribution in [2.24, 2.45) is 0 Å². The fourth-order valence-corrected chi connectivity index (χ4v) is 3.97. The van der Waals surface area contributed by atoms with Crippen molar-refractivity contribution in [3.63, 3.8) is 0 Å². The summed E-state index contributed by atoms with van der Waals surface area (Å²) in [7, 11) is -4.15. The second-order valence-corrected chi connectivity index (χ2v) is 8.85. The molecule has 2 aromatic carbocycles. The molecule has 9 heteroatoms. The van der Waals surface area contributed by atoms with Gasteiger partial charge in [-0.25, -0.2) is 17.5 Å². The van der Waals surface area contributed by atoms with E-state index in [2.05, 4.69) is 10.4 Å². The van der Waals surface area contributed by atoms with Crippen molar-refractivity contribution in [3.05, 3.63) is 82.4 Å². The van der Waals surface area contributed by atoms with E-state index in [9.17, 15) is 22.4 Å². The molecule has 0 unspecified atom stereocenters. The van der Waals surface area contributed by atoms with Crippen LogP contribution in [0.4, 0.5) is 10.1 Å². The molecule has 7 nitrogen and oxygen atoms in total. The number of aromatic nitrogens is 2. The first-order valence-electron chi connectivity index (χ1n) is 9.15. The number of carbonyl (C=O) groups is 1. The van der Waals surface area contributed by atoms with E-state index in [0.29, 0.717) is 5.69 Å². The Morgan fingerprint density at radius 2 is 1.83 bits per heavy atom. The van der Waals surface area contributed by atoms with E-state index < -0.39 is 38.7 Å². The Morgan fingerprint density at radius 3 is 2.53 bits per heavy atom. The molecule has 1 aromatic heterocycles. The molecule has 0 saturated heterocycles. The molecular formula is C21H20FN3O4S. The van der Waals surface area contributed by atoms with Gasteiger partial charge in [-0.15, -0.1) is 0 Å². The van der Waals surface area contributed by atoms with E-state index in [-0.39, 0.29) is 10.8 Å². The van der Waals surface area contributed by atoms with Gasteiger partial charge in [0.1, 0.15) is 12.4 Å². The second kappa shape index (κ2) is 8.58. The third-order valence-corrected chi connectivity index (χ3v) is 6.00. The van der Waals surface area contributed by atoms with Gasteiger partial charge in [-0.2, -0.15) is 5.10 Å². The molecular weight excluding hydrogens is 409 g/mol. The van der Waals surface area contributed by atoms with E-state index in [4.69, 9.17) is 0 Å². The first-order chi connectivity index (χ1) is 14.2. The van der Waals surface area contributed by atoms with E-state index in [0.717, 1.165) is 34.5 Å². The molecule has 30 heavy (non-hydrogen) atoms. The summed E-state index contributed by atoms with van der Waals surface area (Å²) in [6.07, 6.45) is 0. The van der Waals surface area contributed by atoms with Crippen LogP contribution in [-0.2, 0) is 21.2 Å². The predicted molar refractivity (Wildman–Crippen MR) is 110 cm³/mol. The normalized spacial score (nSPS) is 11.5. The first kappa shape index (κ1) is 21.4. The van der Waals surface area contributed by atoms with E-state index in [1.54, 1.807) is 6.07 Å². The lowest BCUT2D eigenvalue weighted by Gasteiger charge is -2.11. The highest BCUT2D eigenvalue weighted by molar-refractivity contribution is 7.91. The van der Waals surface area contributed by atoms with Gasteiger partial charge in [0.15, 0.2) is 5.03 Å². The van der Waals surface area contributed by atoms with Crippen molar-refractivity contribution < 1.29 is 17.6 Å². The molecule has 0 aliphatic carbocycles. The van der Waals surface area contributed by atoms with Crippen molar-refractivity contribution >= 4 is 21.4 Å². The topological polar surface area (TPSA) is 98.1 Å². The van der Waals surface area contributed by atoms with Gasteiger partial charge in [0.05, 0.1) is 4.90 Å². The number of anilines is 1.